The lowest BCUT2D eigenvalue weighted by molar-refractivity contribution is 0.250. The first-order valence-electron chi connectivity index (χ1n) is 3.98. The van der Waals surface area contributed by atoms with Crippen LogP contribution in [0.5, 0.6) is 0 Å². The van der Waals surface area contributed by atoms with Crippen LogP contribution in [0.4, 0.5) is 0 Å². The van der Waals surface area contributed by atoms with Gasteiger partial charge in [0.05, 0.1) is 18.6 Å². The molecular weight excluding hydrogens is 176 g/mol. The number of halogens is 1. The van der Waals surface area contributed by atoms with Crippen LogP contribution in [0.15, 0.2) is 6.33 Å². The SMILES string of the molecule is Cn1cnc(Cl)c1C1(CO)CC1. The second-order valence-electron chi connectivity index (χ2n) is 3.43. The number of aliphatic hydroxyl groups is 1. The van der Waals surface area contributed by atoms with Crippen LogP contribution in [0.25, 0.3) is 0 Å². The Hall–Kier alpha value is -0.540. The van der Waals surface area contributed by atoms with Crippen LogP contribution in [0, 0.1) is 0 Å². The van der Waals surface area contributed by atoms with E-state index in [1.165, 1.54) is 0 Å². The van der Waals surface area contributed by atoms with Crippen LogP contribution in [-0.4, -0.2) is 21.3 Å². The summed E-state index contributed by atoms with van der Waals surface area (Å²) in [5.41, 5.74) is 0.897. The molecule has 0 radical (unpaired) electrons. The molecule has 12 heavy (non-hydrogen) atoms. The number of imidazole rings is 1. The van der Waals surface area contributed by atoms with Gasteiger partial charge in [-0.3, -0.25) is 0 Å². The highest BCUT2D eigenvalue weighted by atomic mass is 35.5. The van der Waals surface area contributed by atoms with Crippen molar-refractivity contribution in [2.45, 2.75) is 18.3 Å². The molecule has 2 rings (SSSR count). The fourth-order valence-corrected chi connectivity index (χ4v) is 1.99. The second-order valence-corrected chi connectivity index (χ2v) is 3.79. The van der Waals surface area contributed by atoms with Gasteiger partial charge in [-0.1, -0.05) is 11.6 Å². The Morgan fingerprint density at radius 1 is 1.75 bits per heavy atom. The molecule has 0 amide bonds. The van der Waals surface area contributed by atoms with Crippen molar-refractivity contribution in [3.05, 3.63) is 17.2 Å². The first-order chi connectivity index (χ1) is 5.69. The van der Waals surface area contributed by atoms with Crippen LogP contribution >= 0.6 is 11.6 Å². The lowest BCUT2D eigenvalue weighted by Gasteiger charge is -2.12. The van der Waals surface area contributed by atoms with Crippen LogP contribution in [-0.2, 0) is 12.5 Å². The Balaban J connectivity index is 2.45. The fourth-order valence-electron chi connectivity index (χ4n) is 1.62. The topological polar surface area (TPSA) is 38.0 Å². The van der Waals surface area contributed by atoms with Crippen molar-refractivity contribution in [1.82, 2.24) is 9.55 Å². The maximum Gasteiger partial charge on any atom is 0.150 e. The normalized spacial score (nSPS) is 19.6. The smallest absolute Gasteiger partial charge is 0.150 e. The van der Waals surface area contributed by atoms with Crippen molar-refractivity contribution >= 4 is 11.6 Å². The summed E-state index contributed by atoms with van der Waals surface area (Å²) in [4.78, 5) is 3.99. The first kappa shape index (κ1) is 8.08. The van der Waals surface area contributed by atoms with Gasteiger partial charge >= 0.3 is 0 Å². The minimum Gasteiger partial charge on any atom is -0.395 e. The van der Waals surface area contributed by atoms with E-state index in [2.05, 4.69) is 4.98 Å². The molecule has 1 N–H and O–H groups in total. The van der Waals surface area contributed by atoms with Crippen LogP contribution in [0.3, 0.4) is 0 Å². The Kier molecular flexibility index (Phi) is 1.66. The standard InChI is InChI=1S/C8H11ClN2O/c1-11-5-10-7(9)6(11)8(4-12)2-3-8/h5,12H,2-4H2,1H3. The van der Waals surface area contributed by atoms with E-state index >= 15 is 0 Å². The molecule has 0 atom stereocenters. The van der Waals surface area contributed by atoms with E-state index in [1.54, 1.807) is 6.33 Å². The van der Waals surface area contributed by atoms with E-state index in [4.69, 9.17) is 11.6 Å². The van der Waals surface area contributed by atoms with Crippen molar-refractivity contribution in [1.29, 1.82) is 0 Å². The Labute approximate surface area is 76.0 Å². The van der Waals surface area contributed by atoms with Crippen molar-refractivity contribution in [2.24, 2.45) is 7.05 Å². The van der Waals surface area contributed by atoms with Crippen molar-refractivity contribution in [2.75, 3.05) is 6.61 Å². The number of aliphatic hydroxyl groups excluding tert-OH is 1. The molecule has 1 aliphatic rings. The summed E-state index contributed by atoms with van der Waals surface area (Å²) in [6.45, 7) is 0.173. The predicted molar refractivity (Wildman–Crippen MR) is 46.2 cm³/mol. The van der Waals surface area contributed by atoms with Crippen molar-refractivity contribution in [3.63, 3.8) is 0 Å². The second kappa shape index (κ2) is 2.47. The number of hydrogen-bond donors (Lipinski definition) is 1. The molecule has 1 aliphatic carbocycles. The molecule has 0 spiro atoms. The molecule has 4 heteroatoms. The van der Waals surface area contributed by atoms with Gasteiger partial charge in [0, 0.05) is 12.5 Å². The van der Waals surface area contributed by atoms with Crippen molar-refractivity contribution < 1.29 is 5.11 Å². The van der Waals surface area contributed by atoms with Gasteiger partial charge in [-0.25, -0.2) is 4.98 Å². The molecule has 3 nitrogen and oxygen atoms in total. The van der Waals surface area contributed by atoms with E-state index in [1.807, 2.05) is 11.6 Å². The lowest BCUT2D eigenvalue weighted by Crippen LogP contribution is -2.16. The minimum absolute atomic E-state index is 0.0810. The van der Waals surface area contributed by atoms with Gasteiger partial charge in [0.1, 0.15) is 0 Å². The molecule has 1 fully saturated rings. The summed E-state index contributed by atoms with van der Waals surface area (Å²) < 4.78 is 1.89. The molecule has 1 aromatic heterocycles. The van der Waals surface area contributed by atoms with Gasteiger partial charge < -0.3 is 9.67 Å². The third kappa shape index (κ3) is 0.967. The van der Waals surface area contributed by atoms with Gasteiger partial charge in [0.25, 0.3) is 0 Å². The molecule has 0 unspecified atom stereocenters. The molecule has 66 valence electrons. The zero-order valence-electron chi connectivity index (χ0n) is 6.92. The molecule has 0 aromatic carbocycles. The van der Waals surface area contributed by atoms with E-state index in [0.717, 1.165) is 18.5 Å². The highest BCUT2D eigenvalue weighted by Gasteiger charge is 2.47. The van der Waals surface area contributed by atoms with Gasteiger partial charge in [-0.2, -0.15) is 0 Å². The molecule has 0 saturated heterocycles. The summed E-state index contributed by atoms with van der Waals surface area (Å²) in [6, 6.07) is 0. The average molecular weight is 187 g/mol. The maximum absolute atomic E-state index is 9.18. The average Bonchev–Trinajstić information content (AvgIpc) is 2.77. The zero-order chi connectivity index (χ0) is 8.77. The number of aryl methyl sites for hydroxylation is 1. The number of rotatable bonds is 2. The first-order valence-corrected chi connectivity index (χ1v) is 4.35. The Bertz CT molecular complexity index is 285. The molecule has 1 heterocycles. The van der Waals surface area contributed by atoms with Crippen LogP contribution in [0.1, 0.15) is 18.5 Å². The van der Waals surface area contributed by atoms with Crippen molar-refractivity contribution in [3.8, 4) is 0 Å². The third-order valence-electron chi connectivity index (χ3n) is 2.55. The van der Waals surface area contributed by atoms with Gasteiger partial charge in [0.15, 0.2) is 5.15 Å². The monoisotopic (exact) mass is 186 g/mol. The quantitative estimate of drug-likeness (QED) is 0.751. The fraction of sp³-hybridized carbons (Fsp3) is 0.625. The molecule has 1 saturated carbocycles. The highest BCUT2D eigenvalue weighted by molar-refractivity contribution is 6.30. The summed E-state index contributed by atoms with van der Waals surface area (Å²) in [5.74, 6) is 0. The summed E-state index contributed by atoms with van der Waals surface area (Å²) in [5, 5.41) is 9.71. The van der Waals surface area contributed by atoms with E-state index in [9.17, 15) is 5.11 Å². The molecular formula is C8H11ClN2O. The number of nitrogens with zero attached hydrogens (tertiary/aromatic N) is 2. The zero-order valence-corrected chi connectivity index (χ0v) is 7.67. The lowest BCUT2D eigenvalue weighted by atomic mass is 10.1. The Morgan fingerprint density at radius 3 is 2.75 bits per heavy atom. The van der Waals surface area contributed by atoms with Gasteiger partial charge in [-0.05, 0) is 12.8 Å². The maximum atomic E-state index is 9.18. The summed E-state index contributed by atoms with van der Waals surface area (Å²) in [7, 11) is 1.91. The molecule has 1 aromatic rings. The molecule has 0 bridgehead atoms. The van der Waals surface area contributed by atoms with E-state index in [0.29, 0.717) is 5.15 Å². The highest BCUT2D eigenvalue weighted by Crippen LogP contribution is 2.49. The van der Waals surface area contributed by atoms with E-state index in [-0.39, 0.29) is 12.0 Å². The molecule has 0 aliphatic heterocycles. The van der Waals surface area contributed by atoms with Crippen LogP contribution in [0.2, 0.25) is 5.15 Å². The largest absolute Gasteiger partial charge is 0.395 e. The van der Waals surface area contributed by atoms with Gasteiger partial charge in [-0.15, -0.1) is 0 Å². The third-order valence-corrected chi connectivity index (χ3v) is 2.83. The summed E-state index contributed by atoms with van der Waals surface area (Å²) >= 11 is 5.91. The number of hydrogen-bond acceptors (Lipinski definition) is 2. The van der Waals surface area contributed by atoms with Crippen LogP contribution < -0.4 is 0 Å². The predicted octanol–water partition coefficient (Wildman–Crippen LogP) is 1.10. The number of aromatic nitrogens is 2. The Morgan fingerprint density at radius 2 is 2.42 bits per heavy atom. The van der Waals surface area contributed by atoms with E-state index < -0.39 is 0 Å². The summed E-state index contributed by atoms with van der Waals surface area (Å²) in [6.07, 6.45) is 3.72. The van der Waals surface area contributed by atoms with Gasteiger partial charge in [0.2, 0.25) is 0 Å². The minimum atomic E-state index is -0.0810.